The summed E-state index contributed by atoms with van der Waals surface area (Å²) in [5.74, 6) is 0.666. The predicted octanol–water partition coefficient (Wildman–Crippen LogP) is 4.03. The van der Waals surface area contributed by atoms with Crippen LogP contribution in [0.2, 0.25) is 0 Å². The van der Waals surface area contributed by atoms with Crippen LogP contribution in [0.3, 0.4) is 0 Å². The zero-order valence-corrected chi connectivity index (χ0v) is 14.0. The molecule has 2 aromatic heterocycles. The van der Waals surface area contributed by atoms with E-state index in [0.29, 0.717) is 5.92 Å². The lowest BCUT2D eigenvalue weighted by atomic mass is 9.96. The highest BCUT2D eigenvalue weighted by Gasteiger charge is 2.29. The normalized spacial score (nSPS) is 14.0. The van der Waals surface area contributed by atoms with Gasteiger partial charge >= 0.3 is 0 Å². The van der Waals surface area contributed by atoms with Crippen molar-refractivity contribution in [1.82, 2.24) is 20.5 Å². The molecule has 0 unspecified atom stereocenters. The SMILES string of the molecule is CCNCc1ccc(-c2ccc3[nH]ncc3c2C2CC2)nc1.Cl. The molecule has 1 fully saturated rings. The van der Waals surface area contributed by atoms with Crippen molar-refractivity contribution < 1.29 is 0 Å². The number of H-pyrrole nitrogens is 1. The average molecular weight is 329 g/mol. The number of aromatic nitrogens is 3. The summed E-state index contributed by atoms with van der Waals surface area (Å²) in [5.41, 5.74) is 6.08. The summed E-state index contributed by atoms with van der Waals surface area (Å²) in [4.78, 5) is 4.69. The molecule has 120 valence electrons. The Balaban J connectivity index is 0.00000156. The molecule has 0 spiro atoms. The smallest absolute Gasteiger partial charge is 0.0705 e. The molecule has 2 heterocycles. The highest BCUT2D eigenvalue weighted by atomic mass is 35.5. The summed E-state index contributed by atoms with van der Waals surface area (Å²) in [6.07, 6.45) is 6.48. The van der Waals surface area contributed by atoms with E-state index in [-0.39, 0.29) is 12.4 Å². The molecular weight excluding hydrogens is 308 g/mol. The first-order valence-electron chi connectivity index (χ1n) is 7.99. The summed E-state index contributed by atoms with van der Waals surface area (Å²) >= 11 is 0. The van der Waals surface area contributed by atoms with E-state index in [0.717, 1.165) is 24.3 Å². The Morgan fingerprint density at radius 1 is 1.17 bits per heavy atom. The second-order valence-electron chi connectivity index (χ2n) is 5.96. The second kappa shape index (κ2) is 6.69. The standard InChI is InChI=1S/C18H20N4.ClH/c1-2-19-9-12-3-7-16(20-10-12)14-6-8-17-15(11-21-22-17)18(14)13-4-5-13;/h3,6-8,10-11,13,19H,2,4-5,9H2,1H3,(H,21,22);1H. The predicted molar refractivity (Wildman–Crippen MR) is 95.9 cm³/mol. The summed E-state index contributed by atoms with van der Waals surface area (Å²) in [7, 11) is 0. The first-order valence-corrected chi connectivity index (χ1v) is 7.99. The van der Waals surface area contributed by atoms with Gasteiger partial charge in [0.05, 0.1) is 17.4 Å². The van der Waals surface area contributed by atoms with E-state index in [1.165, 1.54) is 34.9 Å². The van der Waals surface area contributed by atoms with Gasteiger partial charge in [0.15, 0.2) is 0 Å². The molecule has 1 aliphatic rings. The monoisotopic (exact) mass is 328 g/mol. The van der Waals surface area contributed by atoms with Crippen molar-refractivity contribution in [3.63, 3.8) is 0 Å². The number of fused-ring (bicyclic) bond motifs is 1. The molecule has 3 aromatic rings. The Hall–Kier alpha value is -1.91. The van der Waals surface area contributed by atoms with Crippen molar-refractivity contribution in [3.8, 4) is 11.3 Å². The van der Waals surface area contributed by atoms with E-state index in [1.807, 2.05) is 12.4 Å². The molecule has 1 aliphatic carbocycles. The Labute approximate surface area is 142 Å². The van der Waals surface area contributed by atoms with E-state index >= 15 is 0 Å². The van der Waals surface area contributed by atoms with Crippen molar-refractivity contribution >= 4 is 23.3 Å². The van der Waals surface area contributed by atoms with E-state index in [9.17, 15) is 0 Å². The van der Waals surface area contributed by atoms with Crippen LogP contribution in [-0.2, 0) is 6.54 Å². The number of hydrogen-bond acceptors (Lipinski definition) is 3. The van der Waals surface area contributed by atoms with Gasteiger partial charge in [0.2, 0.25) is 0 Å². The lowest BCUT2D eigenvalue weighted by molar-refractivity contribution is 0.724. The van der Waals surface area contributed by atoms with Gasteiger partial charge in [-0.15, -0.1) is 12.4 Å². The van der Waals surface area contributed by atoms with Gasteiger partial charge < -0.3 is 5.32 Å². The molecular formula is C18H21ClN4. The first-order chi connectivity index (χ1) is 10.9. The summed E-state index contributed by atoms with van der Waals surface area (Å²) in [6, 6.07) is 8.60. The molecule has 4 nitrogen and oxygen atoms in total. The number of benzene rings is 1. The van der Waals surface area contributed by atoms with E-state index in [1.54, 1.807) is 0 Å². The van der Waals surface area contributed by atoms with Crippen LogP contribution in [-0.4, -0.2) is 21.7 Å². The third-order valence-electron chi connectivity index (χ3n) is 4.33. The Morgan fingerprint density at radius 2 is 2.04 bits per heavy atom. The van der Waals surface area contributed by atoms with Crippen molar-refractivity contribution in [2.24, 2.45) is 0 Å². The molecule has 0 bridgehead atoms. The molecule has 4 rings (SSSR count). The van der Waals surface area contributed by atoms with Crippen LogP contribution in [0.25, 0.3) is 22.2 Å². The van der Waals surface area contributed by atoms with Crippen LogP contribution in [0.1, 0.15) is 36.8 Å². The highest BCUT2D eigenvalue weighted by Crippen LogP contribution is 2.47. The fourth-order valence-corrected chi connectivity index (χ4v) is 3.03. The lowest BCUT2D eigenvalue weighted by Crippen LogP contribution is -2.11. The van der Waals surface area contributed by atoms with E-state index < -0.39 is 0 Å². The van der Waals surface area contributed by atoms with Gasteiger partial charge in [-0.05, 0) is 48.6 Å². The molecule has 23 heavy (non-hydrogen) atoms. The van der Waals surface area contributed by atoms with E-state index in [4.69, 9.17) is 4.98 Å². The number of halogens is 1. The zero-order chi connectivity index (χ0) is 14.9. The maximum absolute atomic E-state index is 4.69. The quantitative estimate of drug-likeness (QED) is 0.743. The summed E-state index contributed by atoms with van der Waals surface area (Å²) < 4.78 is 0. The highest BCUT2D eigenvalue weighted by molar-refractivity contribution is 5.89. The van der Waals surface area contributed by atoms with Crippen LogP contribution in [0, 0.1) is 0 Å². The fraction of sp³-hybridized carbons (Fsp3) is 0.333. The summed E-state index contributed by atoms with van der Waals surface area (Å²) in [5, 5.41) is 11.9. The minimum Gasteiger partial charge on any atom is -0.313 e. The van der Waals surface area contributed by atoms with Gasteiger partial charge in [-0.25, -0.2) is 0 Å². The minimum atomic E-state index is 0. The molecule has 0 radical (unpaired) electrons. The zero-order valence-electron chi connectivity index (χ0n) is 13.2. The van der Waals surface area contributed by atoms with Crippen LogP contribution < -0.4 is 5.32 Å². The fourth-order valence-electron chi connectivity index (χ4n) is 3.03. The molecule has 1 aromatic carbocycles. The topological polar surface area (TPSA) is 53.6 Å². The maximum Gasteiger partial charge on any atom is 0.0705 e. The van der Waals surface area contributed by atoms with Crippen LogP contribution in [0.4, 0.5) is 0 Å². The van der Waals surface area contributed by atoms with Gasteiger partial charge in [-0.1, -0.05) is 19.1 Å². The molecule has 0 atom stereocenters. The van der Waals surface area contributed by atoms with Crippen LogP contribution in [0.5, 0.6) is 0 Å². The Bertz CT molecular complexity index is 790. The summed E-state index contributed by atoms with van der Waals surface area (Å²) in [6.45, 7) is 3.97. The van der Waals surface area contributed by atoms with E-state index in [2.05, 4.69) is 46.7 Å². The lowest BCUT2D eigenvalue weighted by Gasteiger charge is -2.10. The third-order valence-corrected chi connectivity index (χ3v) is 4.33. The van der Waals surface area contributed by atoms with Crippen LogP contribution in [0.15, 0.2) is 36.7 Å². The van der Waals surface area contributed by atoms with Crippen molar-refractivity contribution in [1.29, 1.82) is 0 Å². The average Bonchev–Trinajstić information content (AvgIpc) is 3.29. The second-order valence-corrected chi connectivity index (χ2v) is 5.96. The van der Waals surface area contributed by atoms with Gasteiger partial charge in [0.1, 0.15) is 0 Å². The Morgan fingerprint density at radius 3 is 2.74 bits per heavy atom. The molecule has 0 saturated heterocycles. The molecule has 2 N–H and O–H groups in total. The number of pyridine rings is 1. The Kier molecular flexibility index (Phi) is 4.64. The van der Waals surface area contributed by atoms with Gasteiger partial charge in [-0.3, -0.25) is 10.1 Å². The van der Waals surface area contributed by atoms with Crippen molar-refractivity contribution in [2.75, 3.05) is 6.54 Å². The van der Waals surface area contributed by atoms with Crippen molar-refractivity contribution in [2.45, 2.75) is 32.2 Å². The van der Waals surface area contributed by atoms with Gasteiger partial charge in [-0.2, -0.15) is 5.10 Å². The number of hydrogen-bond donors (Lipinski definition) is 2. The maximum atomic E-state index is 4.69. The number of rotatable bonds is 5. The molecule has 5 heteroatoms. The third kappa shape index (κ3) is 3.09. The molecule has 0 aliphatic heterocycles. The van der Waals surface area contributed by atoms with Crippen LogP contribution >= 0.6 is 12.4 Å². The number of nitrogens with one attached hydrogen (secondary N) is 2. The minimum absolute atomic E-state index is 0. The first kappa shape index (κ1) is 16.0. The molecule has 0 amide bonds. The largest absolute Gasteiger partial charge is 0.313 e. The number of nitrogens with zero attached hydrogens (tertiary/aromatic N) is 2. The number of aromatic amines is 1. The van der Waals surface area contributed by atoms with Gasteiger partial charge in [0.25, 0.3) is 0 Å². The van der Waals surface area contributed by atoms with Crippen molar-refractivity contribution in [3.05, 3.63) is 47.8 Å². The van der Waals surface area contributed by atoms with Gasteiger partial charge in [0, 0.05) is 23.7 Å². The molecule has 1 saturated carbocycles.